The van der Waals surface area contributed by atoms with Crippen LogP contribution in [0.5, 0.6) is 0 Å². The highest BCUT2D eigenvalue weighted by Gasteiger charge is 2.04. The molecule has 0 amide bonds. The molecular weight excluding hydrogens is 265 g/mol. The molecular formula is C10H9Cl2N3S. The Morgan fingerprint density at radius 3 is 2.75 bits per heavy atom. The van der Waals surface area contributed by atoms with E-state index in [1.165, 1.54) is 4.88 Å². The van der Waals surface area contributed by atoms with Gasteiger partial charge in [-0.05, 0) is 13.0 Å². The van der Waals surface area contributed by atoms with Gasteiger partial charge in [0.05, 0.1) is 16.6 Å². The summed E-state index contributed by atoms with van der Waals surface area (Å²) in [5, 5.41) is 5.16. The molecule has 0 atom stereocenters. The molecule has 0 fully saturated rings. The lowest BCUT2D eigenvalue weighted by atomic mass is 10.4. The van der Waals surface area contributed by atoms with Gasteiger partial charge in [0, 0.05) is 17.3 Å². The minimum atomic E-state index is 0.515. The number of hydrogen-bond donors (Lipinski definition) is 1. The molecule has 2 aromatic heterocycles. The van der Waals surface area contributed by atoms with Crippen LogP contribution < -0.4 is 5.32 Å². The number of thiazole rings is 1. The second-order valence-corrected chi connectivity index (χ2v) is 5.37. The number of rotatable bonds is 3. The quantitative estimate of drug-likeness (QED) is 0.925. The molecule has 0 aliphatic carbocycles. The van der Waals surface area contributed by atoms with Gasteiger partial charge in [-0.15, -0.1) is 11.3 Å². The van der Waals surface area contributed by atoms with Gasteiger partial charge < -0.3 is 5.32 Å². The van der Waals surface area contributed by atoms with Crippen LogP contribution in [0.2, 0.25) is 10.0 Å². The lowest BCUT2D eigenvalue weighted by Crippen LogP contribution is -2.01. The largest absolute Gasteiger partial charge is 0.362 e. The smallest absolute Gasteiger partial charge is 0.145 e. The Morgan fingerprint density at radius 1 is 1.31 bits per heavy atom. The molecule has 0 spiro atoms. The molecule has 0 bridgehead atoms. The van der Waals surface area contributed by atoms with Crippen LogP contribution >= 0.6 is 34.5 Å². The summed E-state index contributed by atoms with van der Waals surface area (Å²) in [6.45, 7) is 2.64. The Bertz CT molecular complexity index is 499. The SMILES string of the molecule is Cc1cnc(CNc2ncc(Cl)cc2Cl)s1. The third kappa shape index (κ3) is 2.84. The molecule has 0 radical (unpaired) electrons. The van der Waals surface area contributed by atoms with Gasteiger partial charge in [0.2, 0.25) is 0 Å². The lowest BCUT2D eigenvalue weighted by molar-refractivity contribution is 1.08. The van der Waals surface area contributed by atoms with Crippen LogP contribution in [0.15, 0.2) is 18.5 Å². The standard InChI is InChI=1S/C10H9Cl2N3S/c1-6-3-13-9(16-6)5-15-10-8(12)2-7(11)4-14-10/h2-4H,5H2,1H3,(H,14,15). The van der Waals surface area contributed by atoms with Crippen molar-refractivity contribution in [1.29, 1.82) is 0 Å². The van der Waals surface area contributed by atoms with Gasteiger partial charge in [0.25, 0.3) is 0 Å². The number of pyridine rings is 1. The monoisotopic (exact) mass is 273 g/mol. The van der Waals surface area contributed by atoms with Crippen LogP contribution in [0.4, 0.5) is 5.82 Å². The van der Waals surface area contributed by atoms with Crippen molar-refractivity contribution >= 4 is 40.4 Å². The highest BCUT2D eigenvalue weighted by molar-refractivity contribution is 7.11. The molecule has 2 rings (SSSR count). The summed E-state index contributed by atoms with van der Waals surface area (Å²) in [6, 6.07) is 1.66. The molecule has 16 heavy (non-hydrogen) atoms. The van der Waals surface area contributed by atoms with E-state index in [-0.39, 0.29) is 0 Å². The fourth-order valence-electron chi connectivity index (χ4n) is 1.19. The number of nitrogens with one attached hydrogen (secondary N) is 1. The molecule has 0 aromatic carbocycles. The van der Waals surface area contributed by atoms with E-state index in [9.17, 15) is 0 Å². The van der Waals surface area contributed by atoms with Crippen LogP contribution in [0.25, 0.3) is 0 Å². The van der Waals surface area contributed by atoms with Crippen molar-refractivity contribution in [3.05, 3.63) is 38.4 Å². The van der Waals surface area contributed by atoms with E-state index in [0.717, 1.165) is 5.01 Å². The van der Waals surface area contributed by atoms with Gasteiger partial charge in [-0.3, -0.25) is 0 Å². The summed E-state index contributed by atoms with van der Waals surface area (Å²) < 4.78 is 0. The zero-order valence-electron chi connectivity index (χ0n) is 8.50. The van der Waals surface area contributed by atoms with Crippen molar-refractivity contribution < 1.29 is 0 Å². The summed E-state index contributed by atoms with van der Waals surface area (Å²) in [6.07, 6.45) is 3.40. The van der Waals surface area contributed by atoms with Gasteiger partial charge in [-0.25, -0.2) is 9.97 Å². The first-order valence-electron chi connectivity index (χ1n) is 4.61. The molecule has 2 aromatic rings. The van der Waals surface area contributed by atoms with Crippen LogP contribution in [-0.4, -0.2) is 9.97 Å². The minimum Gasteiger partial charge on any atom is -0.362 e. The van der Waals surface area contributed by atoms with Crippen molar-refractivity contribution in [2.24, 2.45) is 0 Å². The average molecular weight is 274 g/mol. The summed E-state index contributed by atoms with van der Waals surface area (Å²) in [7, 11) is 0. The van der Waals surface area contributed by atoms with Crippen molar-refractivity contribution in [1.82, 2.24) is 9.97 Å². The topological polar surface area (TPSA) is 37.8 Å². The lowest BCUT2D eigenvalue weighted by Gasteiger charge is -2.05. The molecule has 1 N–H and O–H groups in total. The van der Waals surface area contributed by atoms with Crippen LogP contribution in [-0.2, 0) is 6.54 Å². The Morgan fingerprint density at radius 2 is 2.12 bits per heavy atom. The zero-order valence-corrected chi connectivity index (χ0v) is 10.8. The van der Waals surface area contributed by atoms with Gasteiger partial charge in [-0.1, -0.05) is 23.2 Å². The number of halogens is 2. The summed E-state index contributed by atoms with van der Waals surface area (Å²) >= 11 is 13.4. The Kier molecular flexibility index (Phi) is 3.63. The molecule has 0 aliphatic rings. The van der Waals surface area contributed by atoms with E-state index in [2.05, 4.69) is 15.3 Å². The summed E-state index contributed by atoms with van der Waals surface area (Å²) in [5.74, 6) is 0.624. The number of hydrogen-bond acceptors (Lipinski definition) is 4. The van der Waals surface area contributed by atoms with Crippen LogP contribution in [0, 0.1) is 6.92 Å². The highest BCUT2D eigenvalue weighted by atomic mass is 35.5. The first-order valence-corrected chi connectivity index (χ1v) is 6.18. The molecule has 0 saturated heterocycles. The van der Waals surface area contributed by atoms with Gasteiger partial charge in [0.15, 0.2) is 0 Å². The maximum absolute atomic E-state index is 5.97. The highest BCUT2D eigenvalue weighted by Crippen LogP contribution is 2.23. The molecule has 6 heteroatoms. The molecule has 0 unspecified atom stereocenters. The van der Waals surface area contributed by atoms with Crippen LogP contribution in [0.3, 0.4) is 0 Å². The van der Waals surface area contributed by atoms with E-state index >= 15 is 0 Å². The van der Waals surface area contributed by atoms with E-state index in [1.54, 1.807) is 23.6 Å². The van der Waals surface area contributed by atoms with Gasteiger partial charge in [0.1, 0.15) is 10.8 Å². The molecule has 84 valence electrons. The number of anilines is 1. The predicted molar refractivity (Wildman–Crippen MR) is 68.4 cm³/mol. The van der Waals surface area contributed by atoms with E-state index in [1.807, 2.05) is 13.1 Å². The Hall–Kier alpha value is -0.840. The molecule has 3 nitrogen and oxygen atoms in total. The molecule has 2 heterocycles. The third-order valence-electron chi connectivity index (χ3n) is 1.88. The van der Waals surface area contributed by atoms with Gasteiger partial charge in [-0.2, -0.15) is 0 Å². The Balaban J connectivity index is 2.04. The van der Waals surface area contributed by atoms with E-state index < -0.39 is 0 Å². The number of aromatic nitrogens is 2. The van der Waals surface area contributed by atoms with E-state index in [0.29, 0.717) is 22.4 Å². The maximum atomic E-state index is 5.97. The number of nitrogens with zero attached hydrogens (tertiary/aromatic N) is 2. The summed E-state index contributed by atoms with van der Waals surface area (Å²) in [4.78, 5) is 9.53. The molecule has 0 saturated carbocycles. The normalized spacial score (nSPS) is 10.4. The minimum absolute atomic E-state index is 0.515. The van der Waals surface area contributed by atoms with E-state index in [4.69, 9.17) is 23.2 Å². The second kappa shape index (κ2) is 4.99. The third-order valence-corrected chi connectivity index (χ3v) is 3.29. The zero-order chi connectivity index (χ0) is 11.5. The second-order valence-electron chi connectivity index (χ2n) is 3.20. The maximum Gasteiger partial charge on any atom is 0.145 e. The van der Waals surface area contributed by atoms with Crippen molar-refractivity contribution in [2.75, 3.05) is 5.32 Å². The fourth-order valence-corrected chi connectivity index (χ4v) is 2.36. The first-order chi connectivity index (χ1) is 7.65. The Labute approximate surface area is 107 Å². The number of aryl methyl sites for hydroxylation is 1. The van der Waals surface area contributed by atoms with Gasteiger partial charge >= 0.3 is 0 Å². The summed E-state index contributed by atoms with van der Waals surface area (Å²) in [5.41, 5.74) is 0. The van der Waals surface area contributed by atoms with Crippen molar-refractivity contribution in [3.8, 4) is 0 Å². The molecule has 0 aliphatic heterocycles. The van der Waals surface area contributed by atoms with Crippen molar-refractivity contribution in [3.63, 3.8) is 0 Å². The average Bonchev–Trinajstić information content (AvgIpc) is 2.63. The first kappa shape index (κ1) is 11.6. The van der Waals surface area contributed by atoms with Crippen LogP contribution in [0.1, 0.15) is 9.88 Å². The fraction of sp³-hybridized carbons (Fsp3) is 0.200. The van der Waals surface area contributed by atoms with Crippen molar-refractivity contribution in [2.45, 2.75) is 13.5 Å². The predicted octanol–water partition coefficient (Wildman–Crippen LogP) is 3.77.